The molecular weight excluding hydrogens is 160 g/mol. The third-order valence-electron chi connectivity index (χ3n) is 3.65. The maximum atomic E-state index is 3.29. The van der Waals surface area contributed by atoms with Crippen molar-refractivity contribution in [1.29, 1.82) is 0 Å². The van der Waals surface area contributed by atoms with Gasteiger partial charge in [0.1, 0.15) is 0 Å². The van der Waals surface area contributed by atoms with Crippen LogP contribution >= 0.6 is 0 Å². The largest absolute Gasteiger partial charge is 0.319 e. The van der Waals surface area contributed by atoms with Gasteiger partial charge in [0, 0.05) is 12.6 Å². The Labute approximate surface area is 81.7 Å². The molecule has 0 radical (unpaired) electrons. The van der Waals surface area contributed by atoms with E-state index in [2.05, 4.69) is 17.3 Å². The minimum atomic E-state index is 0.922. The Balaban J connectivity index is 1.76. The first kappa shape index (κ1) is 9.47. The van der Waals surface area contributed by atoms with E-state index in [0.717, 1.165) is 12.0 Å². The molecule has 1 N–H and O–H groups in total. The van der Waals surface area contributed by atoms with Crippen LogP contribution in [0.25, 0.3) is 0 Å². The van der Waals surface area contributed by atoms with Crippen molar-refractivity contribution in [2.75, 3.05) is 26.7 Å². The summed E-state index contributed by atoms with van der Waals surface area (Å²) in [6.07, 6.45) is 7.28. The molecule has 1 aliphatic heterocycles. The minimum Gasteiger partial charge on any atom is -0.319 e. The van der Waals surface area contributed by atoms with Crippen LogP contribution in [0.1, 0.15) is 32.1 Å². The molecule has 1 heterocycles. The van der Waals surface area contributed by atoms with Crippen molar-refractivity contribution in [3.8, 4) is 0 Å². The molecule has 0 bridgehead atoms. The molecule has 13 heavy (non-hydrogen) atoms. The third-order valence-corrected chi connectivity index (χ3v) is 3.65. The average Bonchev–Trinajstić information content (AvgIpc) is 2.70. The Morgan fingerprint density at radius 1 is 1.23 bits per heavy atom. The summed E-state index contributed by atoms with van der Waals surface area (Å²) in [6.45, 7) is 3.92. The van der Waals surface area contributed by atoms with E-state index in [1.165, 1.54) is 51.7 Å². The van der Waals surface area contributed by atoms with Gasteiger partial charge >= 0.3 is 0 Å². The van der Waals surface area contributed by atoms with Gasteiger partial charge in [-0.3, -0.25) is 0 Å². The van der Waals surface area contributed by atoms with Crippen molar-refractivity contribution in [1.82, 2.24) is 10.2 Å². The smallest absolute Gasteiger partial charge is 0.00953 e. The van der Waals surface area contributed by atoms with Gasteiger partial charge in [0.25, 0.3) is 0 Å². The molecule has 1 atom stereocenters. The average molecular weight is 182 g/mol. The standard InChI is InChI=1S/C11H22N2/c1-12-8-10-6-7-13(9-10)11-4-2-3-5-11/h10-12H,2-9H2,1H3. The van der Waals surface area contributed by atoms with Gasteiger partial charge in [-0.25, -0.2) is 0 Å². The number of rotatable bonds is 3. The van der Waals surface area contributed by atoms with E-state index in [4.69, 9.17) is 0 Å². The second-order valence-electron chi connectivity index (χ2n) is 4.65. The van der Waals surface area contributed by atoms with Crippen LogP contribution in [0, 0.1) is 5.92 Å². The molecule has 2 nitrogen and oxygen atoms in total. The summed E-state index contributed by atoms with van der Waals surface area (Å²) in [7, 11) is 2.07. The van der Waals surface area contributed by atoms with E-state index in [-0.39, 0.29) is 0 Å². The molecule has 1 aliphatic carbocycles. The van der Waals surface area contributed by atoms with Crippen molar-refractivity contribution in [2.45, 2.75) is 38.1 Å². The maximum absolute atomic E-state index is 3.29. The van der Waals surface area contributed by atoms with E-state index in [1.54, 1.807) is 0 Å². The summed E-state index contributed by atoms with van der Waals surface area (Å²) in [5.41, 5.74) is 0. The second-order valence-corrected chi connectivity index (χ2v) is 4.65. The number of hydrogen-bond donors (Lipinski definition) is 1. The highest BCUT2D eigenvalue weighted by Gasteiger charge is 2.29. The van der Waals surface area contributed by atoms with Gasteiger partial charge in [-0.2, -0.15) is 0 Å². The molecule has 2 fully saturated rings. The molecule has 2 heteroatoms. The Bertz CT molecular complexity index is 152. The maximum Gasteiger partial charge on any atom is 0.00953 e. The molecular formula is C11H22N2. The van der Waals surface area contributed by atoms with Gasteiger partial charge < -0.3 is 10.2 Å². The summed E-state index contributed by atoms with van der Waals surface area (Å²) in [5.74, 6) is 0.922. The van der Waals surface area contributed by atoms with Crippen LogP contribution in [0.5, 0.6) is 0 Å². The predicted octanol–water partition coefficient (Wildman–Crippen LogP) is 1.47. The van der Waals surface area contributed by atoms with Gasteiger partial charge in [0.15, 0.2) is 0 Å². The van der Waals surface area contributed by atoms with Crippen LogP contribution in [0.4, 0.5) is 0 Å². The van der Waals surface area contributed by atoms with E-state index in [1.807, 2.05) is 0 Å². The second kappa shape index (κ2) is 4.43. The number of likely N-dealkylation sites (tertiary alicyclic amines) is 1. The van der Waals surface area contributed by atoms with E-state index in [0.29, 0.717) is 0 Å². The summed E-state index contributed by atoms with van der Waals surface area (Å²) in [6, 6.07) is 0.946. The van der Waals surface area contributed by atoms with E-state index < -0.39 is 0 Å². The zero-order chi connectivity index (χ0) is 9.10. The van der Waals surface area contributed by atoms with Crippen LogP contribution in [-0.2, 0) is 0 Å². The van der Waals surface area contributed by atoms with Crippen molar-refractivity contribution in [2.24, 2.45) is 5.92 Å². The van der Waals surface area contributed by atoms with Crippen LogP contribution in [0.3, 0.4) is 0 Å². The summed E-state index contributed by atoms with van der Waals surface area (Å²) in [4.78, 5) is 2.73. The normalized spacial score (nSPS) is 31.6. The van der Waals surface area contributed by atoms with E-state index in [9.17, 15) is 0 Å². The van der Waals surface area contributed by atoms with Gasteiger partial charge in [-0.1, -0.05) is 12.8 Å². The molecule has 76 valence electrons. The first-order chi connectivity index (χ1) is 6.40. The Hall–Kier alpha value is -0.0800. The molecule has 0 aromatic heterocycles. The number of hydrogen-bond acceptors (Lipinski definition) is 2. The molecule has 0 aromatic rings. The fourth-order valence-electron chi connectivity index (χ4n) is 2.92. The Morgan fingerprint density at radius 3 is 2.69 bits per heavy atom. The highest BCUT2D eigenvalue weighted by atomic mass is 15.2. The lowest BCUT2D eigenvalue weighted by atomic mass is 10.1. The van der Waals surface area contributed by atoms with Crippen LogP contribution in [0.15, 0.2) is 0 Å². The summed E-state index contributed by atoms with van der Waals surface area (Å²) < 4.78 is 0. The number of nitrogens with zero attached hydrogens (tertiary/aromatic N) is 1. The zero-order valence-corrected chi connectivity index (χ0v) is 8.76. The summed E-state index contributed by atoms with van der Waals surface area (Å²) >= 11 is 0. The van der Waals surface area contributed by atoms with Crippen molar-refractivity contribution >= 4 is 0 Å². The van der Waals surface area contributed by atoms with Crippen molar-refractivity contribution in [3.63, 3.8) is 0 Å². The lowest BCUT2D eigenvalue weighted by Crippen LogP contribution is -2.32. The molecule has 1 saturated carbocycles. The fourth-order valence-corrected chi connectivity index (χ4v) is 2.92. The lowest BCUT2D eigenvalue weighted by molar-refractivity contribution is 0.237. The van der Waals surface area contributed by atoms with Crippen LogP contribution in [-0.4, -0.2) is 37.6 Å². The highest BCUT2D eigenvalue weighted by Crippen LogP contribution is 2.28. The Morgan fingerprint density at radius 2 is 2.00 bits per heavy atom. The zero-order valence-electron chi connectivity index (χ0n) is 8.76. The van der Waals surface area contributed by atoms with Gasteiger partial charge in [0.05, 0.1) is 0 Å². The fraction of sp³-hybridized carbons (Fsp3) is 1.00. The molecule has 1 unspecified atom stereocenters. The molecule has 1 saturated heterocycles. The van der Waals surface area contributed by atoms with Crippen LogP contribution in [0.2, 0.25) is 0 Å². The van der Waals surface area contributed by atoms with Gasteiger partial charge in [0.2, 0.25) is 0 Å². The Kier molecular flexibility index (Phi) is 3.23. The summed E-state index contributed by atoms with van der Waals surface area (Å²) in [5, 5.41) is 3.29. The number of nitrogens with one attached hydrogen (secondary N) is 1. The van der Waals surface area contributed by atoms with Gasteiger partial charge in [-0.05, 0) is 45.3 Å². The van der Waals surface area contributed by atoms with Crippen LogP contribution < -0.4 is 5.32 Å². The molecule has 0 spiro atoms. The quantitative estimate of drug-likeness (QED) is 0.711. The van der Waals surface area contributed by atoms with Gasteiger partial charge in [-0.15, -0.1) is 0 Å². The van der Waals surface area contributed by atoms with Crippen molar-refractivity contribution < 1.29 is 0 Å². The molecule has 2 rings (SSSR count). The topological polar surface area (TPSA) is 15.3 Å². The minimum absolute atomic E-state index is 0.922. The van der Waals surface area contributed by atoms with Crippen molar-refractivity contribution in [3.05, 3.63) is 0 Å². The first-order valence-corrected chi connectivity index (χ1v) is 5.79. The lowest BCUT2D eigenvalue weighted by Gasteiger charge is -2.23. The third kappa shape index (κ3) is 2.23. The predicted molar refractivity (Wildman–Crippen MR) is 55.9 cm³/mol. The molecule has 0 amide bonds. The van der Waals surface area contributed by atoms with E-state index >= 15 is 0 Å². The highest BCUT2D eigenvalue weighted by molar-refractivity contribution is 4.84. The first-order valence-electron chi connectivity index (χ1n) is 5.79. The monoisotopic (exact) mass is 182 g/mol. The molecule has 0 aromatic carbocycles. The molecule has 2 aliphatic rings. The SMILES string of the molecule is CNCC1CCN(C2CCCC2)C1.